The van der Waals surface area contributed by atoms with E-state index in [-0.39, 0.29) is 17.3 Å². The number of rotatable bonds is 11. The van der Waals surface area contributed by atoms with E-state index in [2.05, 4.69) is 25.6 Å². The van der Waals surface area contributed by atoms with Gasteiger partial charge in [0.2, 0.25) is 11.8 Å². The predicted octanol–water partition coefficient (Wildman–Crippen LogP) is 1.84. The van der Waals surface area contributed by atoms with Crippen LogP contribution < -0.4 is 20.9 Å². The van der Waals surface area contributed by atoms with Crippen LogP contribution in [0.15, 0.2) is 35.4 Å². The van der Waals surface area contributed by atoms with Gasteiger partial charge in [0.15, 0.2) is 5.82 Å². The Bertz CT molecular complexity index is 1110. The fraction of sp³-hybridized carbons (Fsp3) is 0.409. The van der Waals surface area contributed by atoms with E-state index >= 15 is 0 Å². The van der Waals surface area contributed by atoms with Crippen LogP contribution in [0.2, 0.25) is 0 Å². The molecular formula is C22H28N6O4. The number of carbonyl (C=O) groups is 1. The third kappa shape index (κ3) is 5.79. The Labute approximate surface area is 186 Å². The number of carbonyl (C=O) groups excluding carboxylic acids is 1. The molecule has 3 rings (SSSR count). The summed E-state index contributed by atoms with van der Waals surface area (Å²) < 4.78 is 12.4. The third-order valence-electron chi connectivity index (χ3n) is 4.67. The highest BCUT2D eigenvalue weighted by atomic mass is 16.5. The molecule has 0 bridgehead atoms. The smallest absolute Gasteiger partial charge is 0.293 e. The number of fused-ring (bicyclic) bond motifs is 1. The fourth-order valence-electron chi connectivity index (χ4n) is 3.11. The minimum atomic E-state index is -0.259. The van der Waals surface area contributed by atoms with E-state index in [1.54, 1.807) is 30.1 Å². The van der Waals surface area contributed by atoms with Gasteiger partial charge in [-0.15, -0.1) is 0 Å². The number of pyridine rings is 2. The first-order valence-corrected chi connectivity index (χ1v) is 10.5. The van der Waals surface area contributed by atoms with Gasteiger partial charge in [0.05, 0.1) is 31.1 Å². The second kappa shape index (κ2) is 11.2. The molecule has 0 atom stereocenters. The van der Waals surface area contributed by atoms with Crippen molar-refractivity contribution in [3.63, 3.8) is 0 Å². The van der Waals surface area contributed by atoms with E-state index in [9.17, 15) is 9.59 Å². The van der Waals surface area contributed by atoms with Crippen molar-refractivity contribution >= 4 is 22.8 Å². The lowest BCUT2D eigenvalue weighted by Gasteiger charge is -2.14. The molecule has 1 amide bonds. The maximum Gasteiger partial charge on any atom is 0.293 e. The molecule has 0 radical (unpaired) electrons. The summed E-state index contributed by atoms with van der Waals surface area (Å²) in [5.74, 6) is 0.587. The first kappa shape index (κ1) is 23.1. The average Bonchev–Trinajstić information content (AvgIpc) is 2.80. The molecule has 170 valence electrons. The van der Waals surface area contributed by atoms with E-state index in [1.165, 1.54) is 6.92 Å². The molecule has 2 N–H and O–H groups in total. The Balaban J connectivity index is 1.96. The van der Waals surface area contributed by atoms with E-state index < -0.39 is 0 Å². The van der Waals surface area contributed by atoms with Crippen LogP contribution >= 0.6 is 0 Å². The monoisotopic (exact) mass is 440 g/mol. The Morgan fingerprint density at radius 1 is 1.16 bits per heavy atom. The van der Waals surface area contributed by atoms with Crippen LogP contribution in [-0.2, 0) is 16.1 Å². The van der Waals surface area contributed by atoms with Crippen molar-refractivity contribution in [1.82, 2.24) is 24.8 Å². The summed E-state index contributed by atoms with van der Waals surface area (Å²) in [6.07, 6.45) is 4.21. The quantitative estimate of drug-likeness (QED) is 0.433. The molecule has 0 fully saturated rings. The van der Waals surface area contributed by atoms with Gasteiger partial charge in [-0.25, -0.2) is 9.97 Å². The minimum Gasteiger partial charge on any atom is -0.481 e. The van der Waals surface area contributed by atoms with Crippen LogP contribution in [0.5, 0.6) is 5.88 Å². The normalized spacial score (nSPS) is 10.8. The number of nitrogens with one attached hydrogen (secondary N) is 2. The number of methoxy groups -OCH3 is 1. The molecule has 0 aliphatic carbocycles. The minimum absolute atomic E-state index is 0.131. The van der Waals surface area contributed by atoms with E-state index in [4.69, 9.17) is 9.47 Å². The van der Waals surface area contributed by atoms with Crippen molar-refractivity contribution in [2.24, 2.45) is 0 Å². The van der Waals surface area contributed by atoms with Gasteiger partial charge in [-0.1, -0.05) is 6.92 Å². The Morgan fingerprint density at radius 2 is 2.00 bits per heavy atom. The van der Waals surface area contributed by atoms with Gasteiger partial charge in [-0.05, 0) is 18.6 Å². The lowest BCUT2D eigenvalue weighted by Crippen LogP contribution is -2.31. The van der Waals surface area contributed by atoms with Gasteiger partial charge in [0, 0.05) is 51.0 Å². The number of aromatic nitrogens is 4. The van der Waals surface area contributed by atoms with Gasteiger partial charge < -0.3 is 24.7 Å². The number of nitrogens with zero attached hydrogens (tertiary/aromatic N) is 4. The molecule has 3 heterocycles. The molecule has 3 aromatic heterocycles. The highest BCUT2D eigenvalue weighted by Crippen LogP contribution is 2.22. The SMILES string of the molecule is CCCOCCn1c(=O)c(NCCNC(C)=O)nc2cnc(-c3ccc(OC)nc3)cc21. The maximum absolute atomic E-state index is 13.2. The second-order valence-electron chi connectivity index (χ2n) is 7.09. The standard InChI is InChI=1S/C22H28N6O4/c1-4-10-32-11-9-28-19-12-17(16-5-6-20(31-3)26-13-16)25-14-18(19)27-21(22(28)30)24-8-7-23-15(2)29/h5-6,12-14H,4,7-11H2,1-3H3,(H,23,29)(H,24,27). The first-order chi connectivity index (χ1) is 15.5. The summed E-state index contributed by atoms with van der Waals surface area (Å²) in [5, 5.41) is 5.69. The van der Waals surface area contributed by atoms with Crippen molar-refractivity contribution in [3.8, 4) is 17.1 Å². The Kier molecular flexibility index (Phi) is 8.09. The van der Waals surface area contributed by atoms with Crippen molar-refractivity contribution in [1.29, 1.82) is 0 Å². The van der Waals surface area contributed by atoms with Crippen molar-refractivity contribution < 1.29 is 14.3 Å². The molecule has 0 spiro atoms. The number of anilines is 1. The highest BCUT2D eigenvalue weighted by Gasteiger charge is 2.13. The van der Waals surface area contributed by atoms with Crippen LogP contribution in [0.3, 0.4) is 0 Å². The fourth-order valence-corrected chi connectivity index (χ4v) is 3.11. The molecule has 0 aliphatic rings. The lowest BCUT2D eigenvalue weighted by atomic mass is 10.2. The number of ether oxygens (including phenoxy) is 2. The Hall–Kier alpha value is -3.53. The van der Waals surface area contributed by atoms with Gasteiger partial charge in [-0.3, -0.25) is 14.6 Å². The Morgan fingerprint density at radius 3 is 2.69 bits per heavy atom. The third-order valence-corrected chi connectivity index (χ3v) is 4.67. The van der Waals surface area contributed by atoms with Crippen LogP contribution in [-0.4, -0.2) is 58.8 Å². The van der Waals surface area contributed by atoms with Gasteiger partial charge in [0.1, 0.15) is 5.52 Å². The van der Waals surface area contributed by atoms with Crippen molar-refractivity contribution in [3.05, 3.63) is 40.9 Å². The molecule has 3 aromatic rings. The summed E-state index contributed by atoms with van der Waals surface area (Å²) in [6.45, 7) is 5.65. The van der Waals surface area contributed by atoms with E-state index in [0.29, 0.717) is 55.5 Å². The zero-order chi connectivity index (χ0) is 22.9. The number of hydrogen-bond donors (Lipinski definition) is 2. The van der Waals surface area contributed by atoms with Crippen LogP contribution in [0.4, 0.5) is 5.82 Å². The number of amides is 1. The largest absolute Gasteiger partial charge is 0.481 e. The maximum atomic E-state index is 13.2. The van der Waals surface area contributed by atoms with E-state index in [1.807, 2.05) is 19.1 Å². The van der Waals surface area contributed by atoms with Gasteiger partial charge in [-0.2, -0.15) is 0 Å². The summed E-state index contributed by atoms with van der Waals surface area (Å²) in [4.78, 5) is 37.4. The lowest BCUT2D eigenvalue weighted by molar-refractivity contribution is -0.118. The van der Waals surface area contributed by atoms with E-state index in [0.717, 1.165) is 12.0 Å². The molecular weight excluding hydrogens is 412 g/mol. The molecule has 0 unspecified atom stereocenters. The van der Waals surface area contributed by atoms with Crippen molar-refractivity contribution in [2.45, 2.75) is 26.8 Å². The molecule has 0 saturated heterocycles. The second-order valence-corrected chi connectivity index (χ2v) is 7.09. The summed E-state index contributed by atoms with van der Waals surface area (Å²) in [7, 11) is 1.56. The predicted molar refractivity (Wildman–Crippen MR) is 122 cm³/mol. The summed E-state index contributed by atoms with van der Waals surface area (Å²) in [5.41, 5.74) is 2.44. The highest BCUT2D eigenvalue weighted by molar-refractivity contribution is 5.80. The molecule has 0 aliphatic heterocycles. The summed E-state index contributed by atoms with van der Waals surface area (Å²) >= 11 is 0. The molecule has 32 heavy (non-hydrogen) atoms. The van der Waals surface area contributed by atoms with Crippen molar-refractivity contribution in [2.75, 3.05) is 38.7 Å². The molecule has 10 heteroatoms. The molecule has 0 saturated carbocycles. The van der Waals surface area contributed by atoms with Crippen LogP contribution in [0.1, 0.15) is 20.3 Å². The first-order valence-electron chi connectivity index (χ1n) is 10.5. The van der Waals surface area contributed by atoms with Gasteiger partial charge >= 0.3 is 0 Å². The van der Waals surface area contributed by atoms with Crippen LogP contribution in [0, 0.1) is 0 Å². The van der Waals surface area contributed by atoms with Gasteiger partial charge in [0.25, 0.3) is 5.56 Å². The zero-order valence-corrected chi connectivity index (χ0v) is 18.6. The zero-order valence-electron chi connectivity index (χ0n) is 18.6. The topological polar surface area (TPSA) is 120 Å². The molecule has 10 nitrogen and oxygen atoms in total. The van der Waals surface area contributed by atoms with Crippen LogP contribution in [0.25, 0.3) is 22.3 Å². The average molecular weight is 441 g/mol. The number of hydrogen-bond acceptors (Lipinski definition) is 8. The summed E-state index contributed by atoms with van der Waals surface area (Å²) in [6, 6.07) is 5.44. The molecule has 0 aromatic carbocycles.